The van der Waals surface area contributed by atoms with E-state index in [1.807, 2.05) is 36.6 Å². The third kappa shape index (κ3) is 2.56. The van der Waals surface area contributed by atoms with E-state index in [4.69, 9.17) is 16.7 Å². The van der Waals surface area contributed by atoms with Crippen LogP contribution in [0.4, 0.5) is 0 Å². The highest BCUT2D eigenvalue weighted by Gasteiger charge is 2.07. The van der Waals surface area contributed by atoms with Crippen LogP contribution in [-0.2, 0) is 11.2 Å². The number of halogens is 1. The van der Waals surface area contributed by atoms with Crippen LogP contribution in [0.15, 0.2) is 35.2 Å². The Morgan fingerprint density at radius 3 is 2.76 bits per heavy atom. The number of thioether (sulfide) groups is 1. The number of carboxylic acid groups (broad SMARTS) is 1. The summed E-state index contributed by atoms with van der Waals surface area (Å²) in [6.07, 6.45) is 2.03. The van der Waals surface area contributed by atoms with Gasteiger partial charge < -0.3 is 5.11 Å². The fraction of sp³-hybridized carbons (Fsp3) is 0.154. The lowest BCUT2D eigenvalue weighted by molar-refractivity contribution is -0.136. The Kier molecular flexibility index (Phi) is 3.60. The Labute approximate surface area is 109 Å². The maximum absolute atomic E-state index is 10.7. The van der Waals surface area contributed by atoms with E-state index in [0.29, 0.717) is 0 Å². The molecule has 2 rings (SSSR count). The first kappa shape index (κ1) is 12.3. The summed E-state index contributed by atoms with van der Waals surface area (Å²) in [5.41, 5.74) is 0.805. The van der Waals surface area contributed by atoms with E-state index in [2.05, 4.69) is 0 Å². The fourth-order valence-electron chi connectivity index (χ4n) is 1.82. The van der Waals surface area contributed by atoms with Crippen LogP contribution < -0.4 is 0 Å². The topological polar surface area (TPSA) is 37.3 Å². The number of rotatable bonds is 3. The van der Waals surface area contributed by atoms with E-state index in [1.165, 1.54) is 0 Å². The molecule has 0 heterocycles. The lowest BCUT2D eigenvalue weighted by Crippen LogP contribution is -1.99. The van der Waals surface area contributed by atoms with E-state index in [1.54, 1.807) is 11.8 Å². The molecule has 1 N–H and O–H groups in total. The Morgan fingerprint density at radius 2 is 2.12 bits per heavy atom. The average Bonchev–Trinajstić information content (AvgIpc) is 2.28. The molecule has 2 nitrogen and oxygen atoms in total. The van der Waals surface area contributed by atoms with Crippen LogP contribution in [0, 0.1) is 0 Å². The summed E-state index contributed by atoms with van der Waals surface area (Å²) in [6.45, 7) is 0. The largest absolute Gasteiger partial charge is 0.481 e. The fourth-order valence-corrected chi connectivity index (χ4v) is 2.88. The summed E-state index contributed by atoms with van der Waals surface area (Å²) in [5, 5.41) is 11.6. The molecule has 0 amide bonds. The molecule has 0 saturated heterocycles. The molecular weight excluding hydrogens is 256 g/mol. The standard InChI is InChI=1S/C13H11ClO2S/c1-17-13-10-4-2-8(7-12(15)16)6-9(10)3-5-11(13)14/h2-6H,7H2,1H3,(H,15,16). The van der Waals surface area contributed by atoms with Crippen LogP contribution in [0.3, 0.4) is 0 Å². The van der Waals surface area contributed by atoms with Crippen LogP contribution in [-0.4, -0.2) is 17.3 Å². The molecule has 88 valence electrons. The number of fused-ring (bicyclic) bond motifs is 1. The summed E-state index contributed by atoms with van der Waals surface area (Å²) in [4.78, 5) is 11.7. The molecule has 0 saturated carbocycles. The molecule has 0 spiro atoms. The minimum absolute atomic E-state index is 0.0488. The number of carboxylic acids is 1. The number of aliphatic carboxylic acids is 1. The van der Waals surface area contributed by atoms with Gasteiger partial charge in [-0.2, -0.15) is 0 Å². The van der Waals surface area contributed by atoms with Crippen LogP contribution in [0.1, 0.15) is 5.56 Å². The van der Waals surface area contributed by atoms with Gasteiger partial charge in [0.1, 0.15) is 0 Å². The third-order valence-corrected chi connectivity index (χ3v) is 3.82. The van der Waals surface area contributed by atoms with Gasteiger partial charge in [-0.05, 0) is 28.7 Å². The summed E-state index contributed by atoms with van der Waals surface area (Å²) < 4.78 is 0. The molecule has 4 heteroatoms. The quantitative estimate of drug-likeness (QED) is 0.858. The monoisotopic (exact) mass is 266 g/mol. The molecular formula is C13H11ClO2S. The molecule has 2 aromatic rings. The lowest BCUT2D eigenvalue weighted by Gasteiger charge is -2.07. The maximum atomic E-state index is 10.7. The summed E-state index contributed by atoms with van der Waals surface area (Å²) >= 11 is 7.71. The molecule has 0 aliphatic carbocycles. The first-order valence-corrected chi connectivity index (χ1v) is 6.69. The molecule has 0 aliphatic rings. The molecule has 2 aromatic carbocycles. The molecule has 0 aliphatic heterocycles. The molecule has 0 fully saturated rings. The number of hydrogen-bond acceptors (Lipinski definition) is 2. The van der Waals surface area contributed by atoms with Gasteiger partial charge in [-0.1, -0.05) is 35.9 Å². The van der Waals surface area contributed by atoms with Crippen molar-refractivity contribution in [1.29, 1.82) is 0 Å². The van der Waals surface area contributed by atoms with Crippen molar-refractivity contribution in [3.63, 3.8) is 0 Å². The highest BCUT2D eigenvalue weighted by atomic mass is 35.5. The molecule has 0 atom stereocenters. The van der Waals surface area contributed by atoms with Crippen LogP contribution in [0.2, 0.25) is 5.02 Å². The van der Waals surface area contributed by atoms with Crippen molar-refractivity contribution >= 4 is 40.1 Å². The van der Waals surface area contributed by atoms with Crippen LogP contribution >= 0.6 is 23.4 Å². The predicted molar refractivity (Wildman–Crippen MR) is 72.1 cm³/mol. The summed E-state index contributed by atoms with van der Waals surface area (Å²) in [6, 6.07) is 9.44. The second kappa shape index (κ2) is 4.98. The smallest absolute Gasteiger partial charge is 0.307 e. The number of carbonyl (C=O) groups is 1. The van der Waals surface area contributed by atoms with Crippen molar-refractivity contribution in [2.24, 2.45) is 0 Å². The first-order chi connectivity index (χ1) is 8.11. The van der Waals surface area contributed by atoms with Crippen molar-refractivity contribution < 1.29 is 9.90 Å². The maximum Gasteiger partial charge on any atom is 0.307 e. The molecule has 17 heavy (non-hydrogen) atoms. The minimum atomic E-state index is -0.816. The van der Waals surface area contributed by atoms with Crippen LogP contribution in [0.5, 0.6) is 0 Å². The van der Waals surface area contributed by atoms with Crippen molar-refractivity contribution in [2.75, 3.05) is 6.26 Å². The van der Waals surface area contributed by atoms with Crippen molar-refractivity contribution in [3.8, 4) is 0 Å². The third-order valence-electron chi connectivity index (χ3n) is 2.55. The van der Waals surface area contributed by atoms with Gasteiger partial charge in [0, 0.05) is 4.90 Å². The zero-order chi connectivity index (χ0) is 12.4. The van der Waals surface area contributed by atoms with Crippen molar-refractivity contribution in [2.45, 2.75) is 11.3 Å². The van der Waals surface area contributed by atoms with Crippen molar-refractivity contribution in [1.82, 2.24) is 0 Å². The van der Waals surface area contributed by atoms with Crippen molar-refractivity contribution in [3.05, 3.63) is 40.9 Å². The second-order valence-corrected chi connectivity index (χ2v) is 4.93. The number of benzene rings is 2. The Morgan fingerprint density at radius 1 is 1.35 bits per heavy atom. The number of hydrogen-bond donors (Lipinski definition) is 1. The van der Waals surface area contributed by atoms with E-state index in [0.717, 1.165) is 26.3 Å². The van der Waals surface area contributed by atoms with Gasteiger partial charge in [0.15, 0.2) is 0 Å². The summed E-state index contributed by atoms with van der Waals surface area (Å²) in [7, 11) is 0. The molecule has 0 radical (unpaired) electrons. The zero-order valence-corrected chi connectivity index (χ0v) is 10.8. The van der Waals surface area contributed by atoms with E-state index in [-0.39, 0.29) is 6.42 Å². The van der Waals surface area contributed by atoms with Gasteiger partial charge in [0.2, 0.25) is 0 Å². The van der Waals surface area contributed by atoms with E-state index < -0.39 is 5.97 Å². The lowest BCUT2D eigenvalue weighted by atomic mass is 10.1. The van der Waals surface area contributed by atoms with Gasteiger partial charge in [0.05, 0.1) is 11.4 Å². The van der Waals surface area contributed by atoms with Crippen LogP contribution in [0.25, 0.3) is 10.8 Å². The Balaban J connectivity index is 2.56. The Hall–Kier alpha value is -1.19. The van der Waals surface area contributed by atoms with Gasteiger partial charge in [0.25, 0.3) is 0 Å². The Bertz CT molecular complexity index is 581. The van der Waals surface area contributed by atoms with Gasteiger partial charge in [-0.3, -0.25) is 4.79 Å². The normalized spacial score (nSPS) is 10.7. The van der Waals surface area contributed by atoms with Gasteiger partial charge in [-0.15, -0.1) is 11.8 Å². The first-order valence-electron chi connectivity index (χ1n) is 5.08. The zero-order valence-electron chi connectivity index (χ0n) is 9.24. The SMILES string of the molecule is CSc1c(Cl)ccc2cc(CC(=O)O)ccc12. The average molecular weight is 267 g/mol. The van der Waals surface area contributed by atoms with Gasteiger partial charge >= 0.3 is 5.97 Å². The summed E-state index contributed by atoms with van der Waals surface area (Å²) in [5.74, 6) is -0.816. The second-order valence-electron chi connectivity index (χ2n) is 3.71. The highest BCUT2D eigenvalue weighted by molar-refractivity contribution is 7.99. The minimum Gasteiger partial charge on any atom is -0.481 e. The van der Waals surface area contributed by atoms with E-state index >= 15 is 0 Å². The predicted octanol–water partition coefficient (Wildman–Crippen LogP) is 3.84. The molecule has 0 bridgehead atoms. The molecule has 0 aromatic heterocycles. The van der Waals surface area contributed by atoms with E-state index in [9.17, 15) is 4.79 Å². The molecule has 0 unspecified atom stereocenters. The highest BCUT2D eigenvalue weighted by Crippen LogP contribution is 2.33. The van der Waals surface area contributed by atoms with Gasteiger partial charge in [-0.25, -0.2) is 0 Å².